The number of amides is 1. The number of nitrogens with zero attached hydrogens (tertiary/aromatic N) is 5. The summed E-state index contributed by atoms with van der Waals surface area (Å²) in [5.41, 5.74) is 4.61. The largest absolute Gasteiger partial charge is 0.328 e. The average molecular weight is 383 g/mol. The number of aromatic nitrogens is 4. The van der Waals surface area contributed by atoms with Crippen molar-refractivity contribution < 1.29 is 4.79 Å². The van der Waals surface area contributed by atoms with E-state index >= 15 is 0 Å². The zero-order valence-corrected chi connectivity index (χ0v) is 16.1. The second-order valence-electron chi connectivity index (χ2n) is 6.88. The summed E-state index contributed by atoms with van der Waals surface area (Å²) in [7, 11) is 0. The maximum absolute atomic E-state index is 12.7. The van der Waals surface area contributed by atoms with Crippen molar-refractivity contribution in [2.45, 2.75) is 20.0 Å². The van der Waals surface area contributed by atoms with Gasteiger partial charge in [-0.05, 0) is 42.3 Å². The standard InChI is InChI=1S/C23H21N5O/c1-18-5-7-19(8-6-18)14-27-13-3-2-4-22(27)26-23(29)21-11-9-20(10-12-21)15-28-17-24-16-25-28/h2-13,16-17H,14-15H2,1H3. The third-order valence-corrected chi connectivity index (χ3v) is 4.62. The van der Waals surface area contributed by atoms with Gasteiger partial charge in [0.25, 0.3) is 5.91 Å². The molecule has 0 saturated heterocycles. The smallest absolute Gasteiger partial charge is 0.278 e. The van der Waals surface area contributed by atoms with Gasteiger partial charge in [0.15, 0.2) is 0 Å². The molecule has 0 bridgehead atoms. The van der Waals surface area contributed by atoms with Crippen molar-refractivity contribution in [3.05, 3.63) is 113 Å². The first-order chi connectivity index (χ1) is 14.2. The summed E-state index contributed by atoms with van der Waals surface area (Å²) in [6.45, 7) is 3.33. The number of aryl methyl sites for hydroxylation is 1. The second-order valence-corrected chi connectivity index (χ2v) is 6.88. The lowest BCUT2D eigenvalue weighted by molar-refractivity contribution is 0.0997. The third-order valence-electron chi connectivity index (χ3n) is 4.62. The molecule has 4 aromatic rings. The summed E-state index contributed by atoms with van der Waals surface area (Å²) < 4.78 is 3.71. The number of benzene rings is 2. The first-order valence-corrected chi connectivity index (χ1v) is 9.39. The van der Waals surface area contributed by atoms with Gasteiger partial charge >= 0.3 is 0 Å². The molecule has 0 aliphatic heterocycles. The summed E-state index contributed by atoms with van der Waals surface area (Å²) in [4.78, 5) is 21.0. The van der Waals surface area contributed by atoms with E-state index < -0.39 is 0 Å². The van der Waals surface area contributed by atoms with Gasteiger partial charge in [-0.3, -0.25) is 4.79 Å². The molecule has 2 aromatic carbocycles. The topological polar surface area (TPSA) is 65.1 Å². The molecule has 0 radical (unpaired) electrons. The van der Waals surface area contributed by atoms with Gasteiger partial charge in [0, 0.05) is 18.3 Å². The quantitative estimate of drug-likeness (QED) is 0.531. The first-order valence-electron chi connectivity index (χ1n) is 9.39. The lowest BCUT2D eigenvalue weighted by Gasteiger charge is -2.08. The number of hydrogen-bond acceptors (Lipinski definition) is 3. The minimum Gasteiger partial charge on any atom is -0.328 e. The van der Waals surface area contributed by atoms with Crippen LogP contribution in [0.5, 0.6) is 0 Å². The summed E-state index contributed by atoms with van der Waals surface area (Å²) in [5.74, 6) is -0.263. The summed E-state index contributed by atoms with van der Waals surface area (Å²) >= 11 is 0. The van der Waals surface area contributed by atoms with Gasteiger partial charge < -0.3 is 4.57 Å². The van der Waals surface area contributed by atoms with Crippen LogP contribution in [-0.2, 0) is 13.1 Å². The van der Waals surface area contributed by atoms with Crippen molar-refractivity contribution in [2.75, 3.05) is 0 Å². The lowest BCUT2D eigenvalue weighted by atomic mass is 10.1. The first kappa shape index (κ1) is 18.6. The molecule has 0 N–H and O–H groups in total. The Morgan fingerprint density at radius 3 is 2.38 bits per heavy atom. The van der Waals surface area contributed by atoms with Crippen LogP contribution >= 0.6 is 0 Å². The Morgan fingerprint density at radius 1 is 0.931 bits per heavy atom. The van der Waals surface area contributed by atoms with E-state index in [1.807, 2.05) is 41.1 Å². The Morgan fingerprint density at radius 2 is 1.66 bits per heavy atom. The summed E-state index contributed by atoms with van der Waals surface area (Å²) in [6, 6.07) is 21.5. The Hall–Kier alpha value is -3.80. The predicted molar refractivity (Wildman–Crippen MR) is 110 cm³/mol. The summed E-state index contributed by atoms with van der Waals surface area (Å²) in [6.07, 6.45) is 5.10. The van der Waals surface area contributed by atoms with Crippen LogP contribution in [0.25, 0.3) is 0 Å². The molecule has 144 valence electrons. The van der Waals surface area contributed by atoms with Crippen LogP contribution in [-0.4, -0.2) is 25.2 Å². The molecule has 6 nitrogen and oxygen atoms in total. The molecule has 0 aliphatic rings. The van der Waals surface area contributed by atoms with Crippen LogP contribution in [0.4, 0.5) is 0 Å². The fraction of sp³-hybridized carbons (Fsp3) is 0.130. The molecule has 6 heteroatoms. The zero-order chi connectivity index (χ0) is 20.1. The molecule has 0 fully saturated rings. The molecule has 29 heavy (non-hydrogen) atoms. The normalized spacial score (nSPS) is 11.6. The summed E-state index contributed by atoms with van der Waals surface area (Å²) in [5, 5.41) is 4.09. The minimum absolute atomic E-state index is 0.263. The monoisotopic (exact) mass is 383 g/mol. The molecular weight excluding hydrogens is 362 g/mol. The Labute approximate surface area is 168 Å². The van der Waals surface area contributed by atoms with E-state index in [1.54, 1.807) is 23.1 Å². The van der Waals surface area contributed by atoms with Gasteiger partial charge in [0.05, 0.1) is 6.54 Å². The maximum Gasteiger partial charge on any atom is 0.278 e. The van der Waals surface area contributed by atoms with Crippen molar-refractivity contribution in [1.82, 2.24) is 19.3 Å². The van der Waals surface area contributed by atoms with Crippen molar-refractivity contribution in [3.63, 3.8) is 0 Å². The van der Waals surface area contributed by atoms with Crippen molar-refractivity contribution >= 4 is 5.91 Å². The molecule has 0 spiro atoms. The fourth-order valence-electron chi connectivity index (χ4n) is 3.02. The van der Waals surface area contributed by atoms with E-state index in [1.165, 1.54) is 11.9 Å². The Bertz CT molecular complexity index is 1160. The van der Waals surface area contributed by atoms with Crippen LogP contribution in [0.3, 0.4) is 0 Å². The van der Waals surface area contributed by atoms with Gasteiger partial charge in [0.1, 0.15) is 18.1 Å². The van der Waals surface area contributed by atoms with Crippen LogP contribution < -0.4 is 5.49 Å². The lowest BCUT2D eigenvalue weighted by Crippen LogP contribution is -2.22. The number of pyridine rings is 1. The molecule has 4 rings (SSSR count). The van der Waals surface area contributed by atoms with Gasteiger partial charge in [-0.1, -0.05) is 48.0 Å². The highest BCUT2D eigenvalue weighted by Gasteiger charge is 2.05. The number of carbonyl (C=O) groups is 1. The minimum atomic E-state index is -0.263. The Kier molecular flexibility index (Phi) is 5.42. The second kappa shape index (κ2) is 8.48. The maximum atomic E-state index is 12.7. The number of carbonyl (C=O) groups excluding carboxylic acids is 1. The fourth-order valence-corrected chi connectivity index (χ4v) is 3.02. The Balaban J connectivity index is 1.54. The molecule has 0 atom stereocenters. The zero-order valence-electron chi connectivity index (χ0n) is 16.1. The average Bonchev–Trinajstić information content (AvgIpc) is 3.25. The van der Waals surface area contributed by atoms with E-state index in [9.17, 15) is 4.79 Å². The number of rotatable bonds is 5. The van der Waals surface area contributed by atoms with E-state index in [0.29, 0.717) is 24.1 Å². The van der Waals surface area contributed by atoms with Crippen molar-refractivity contribution in [3.8, 4) is 0 Å². The third kappa shape index (κ3) is 4.73. The highest BCUT2D eigenvalue weighted by molar-refractivity contribution is 5.94. The van der Waals surface area contributed by atoms with Gasteiger partial charge in [-0.15, -0.1) is 0 Å². The van der Waals surface area contributed by atoms with E-state index in [0.717, 1.165) is 11.1 Å². The molecule has 1 amide bonds. The molecule has 0 saturated carbocycles. The van der Waals surface area contributed by atoms with E-state index in [4.69, 9.17) is 0 Å². The molecular formula is C23H21N5O. The van der Waals surface area contributed by atoms with Crippen molar-refractivity contribution in [1.29, 1.82) is 0 Å². The van der Waals surface area contributed by atoms with E-state index in [-0.39, 0.29) is 5.91 Å². The highest BCUT2D eigenvalue weighted by atomic mass is 16.1. The van der Waals surface area contributed by atoms with Crippen LogP contribution in [0.15, 0.2) is 90.6 Å². The van der Waals surface area contributed by atoms with Crippen LogP contribution in [0.2, 0.25) is 0 Å². The van der Waals surface area contributed by atoms with Crippen LogP contribution in [0, 0.1) is 6.92 Å². The molecule has 2 heterocycles. The predicted octanol–water partition coefficient (Wildman–Crippen LogP) is 3.23. The number of hydrogen-bond donors (Lipinski definition) is 0. The van der Waals surface area contributed by atoms with Crippen molar-refractivity contribution in [2.24, 2.45) is 4.99 Å². The molecule has 0 aliphatic carbocycles. The SMILES string of the molecule is Cc1ccc(Cn2ccccc2=NC(=O)c2ccc(Cn3cncn3)cc2)cc1. The van der Waals surface area contributed by atoms with Crippen LogP contribution in [0.1, 0.15) is 27.0 Å². The highest BCUT2D eigenvalue weighted by Crippen LogP contribution is 2.08. The van der Waals surface area contributed by atoms with Gasteiger partial charge in [-0.25, -0.2) is 9.67 Å². The van der Waals surface area contributed by atoms with Gasteiger partial charge in [-0.2, -0.15) is 10.1 Å². The van der Waals surface area contributed by atoms with E-state index in [2.05, 4.69) is 46.3 Å². The molecule has 0 unspecified atom stereocenters. The van der Waals surface area contributed by atoms with Gasteiger partial charge in [0.2, 0.25) is 0 Å². The molecule has 2 aromatic heterocycles.